The molecule has 6 nitrogen and oxygen atoms in total. The van der Waals surface area contributed by atoms with Gasteiger partial charge in [-0.15, -0.1) is 11.8 Å². The number of anilines is 1. The van der Waals surface area contributed by atoms with E-state index in [-0.39, 0.29) is 11.5 Å². The zero-order valence-electron chi connectivity index (χ0n) is 13.8. The van der Waals surface area contributed by atoms with Gasteiger partial charge >= 0.3 is 0 Å². The highest BCUT2D eigenvalue weighted by molar-refractivity contribution is 7.98. The molecule has 25 heavy (non-hydrogen) atoms. The van der Waals surface area contributed by atoms with E-state index in [0.717, 1.165) is 9.58 Å². The molecule has 1 unspecified atom stereocenters. The third kappa shape index (κ3) is 3.83. The quantitative estimate of drug-likeness (QED) is 0.710. The second kappa shape index (κ2) is 7.40. The third-order valence-corrected chi connectivity index (χ3v) is 4.41. The molecule has 0 aliphatic carbocycles. The van der Waals surface area contributed by atoms with Crippen LogP contribution in [0.3, 0.4) is 0 Å². The average Bonchev–Trinajstić information content (AvgIpc) is 3.16. The molecule has 0 spiro atoms. The lowest BCUT2D eigenvalue weighted by molar-refractivity contribution is -0.119. The number of nitrogens with zero attached hydrogens (tertiary/aromatic N) is 2. The zero-order valence-corrected chi connectivity index (χ0v) is 14.6. The van der Waals surface area contributed by atoms with Crippen molar-refractivity contribution < 1.29 is 9.21 Å². The van der Waals surface area contributed by atoms with Crippen LogP contribution in [-0.4, -0.2) is 21.9 Å². The normalized spacial score (nSPS) is 11.9. The Kier molecular flexibility index (Phi) is 5.04. The minimum absolute atomic E-state index is 0.315. The first-order valence-corrected chi connectivity index (χ1v) is 8.89. The lowest BCUT2D eigenvalue weighted by atomic mass is 10.2. The highest BCUT2D eigenvalue weighted by atomic mass is 32.2. The summed E-state index contributed by atoms with van der Waals surface area (Å²) in [5.74, 6) is 0.221. The van der Waals surface area contributed by atoms with Crippen molar-refractivity contribution in [1.82, 2.24) is 9.78 Å². The van der Waals surface area contributed by atoms with Crippen molar-refractivity contribution in [1.29, 1.82) is 0 Å². The summed E-state index contributed by atoms with van der Waals surface area (Å²) >= 11 is 1.59. The summed E-state index contributed by atoms with van der Waals surface area (Å²) in [6, 6.07) is 13.2. The Morgan fingerprint density at radius 2 is 2.08 bits per heavy atom. The molecule has 1 N–H and O–H groups in total. The minimum Gasteiger partial charge on any atom is -0.463 e. The number of amides is 1. The van der Waals surface area contributed by atoms with E-state index >= 15 is 0 Å². The topological polar surface area (TPSA) is 77.1 Å². The fraction of sp³-hybridized carbons (Fsp3) is 0.167. The molecule has 1 atom stereocenters. The number of carbonyl (C=O) groups excluding carboxylic acids is 1. The van der Waals surface area contributed by atoms with Gasteiger partial charge in [-0.3, -0.25) is 9.59 Å². The third-order valence-electron chi connectivity index (χ3n) is 3.68. The first-order valence-electron chi connectivity index (χ1n) is 7.67. The van der Waals surface area contributed by atoms with Crippen LogP contribution in [0.5, 0.6) is 0 Å². The Balaban J connectivity index is 1.84. The van der Waals surface area contributed by atoms with E-state index in [1.54, 1.807) is 43.0 Å². The Morgan fingerprint density at radius 3 is 2.80 bits per heavy atom. The lowest BCUT2D eigenvalue weighted by Crippen LogP contribution is -2.33. The van der Waals surface area contributed by atoms with Crippen LogP contribution in [0.15, 0.2) is 68.9 Å². The number of carbonyl (C=O) groups is 1. The van der Waals surface area contributed by atoms with Crippen molar-refractivity contribution in [2.24, 2.45) is 0 Å². The maximum absolute atomic E-state index is 12.5. The predicted molar refractivity (Wildman–Crippen MR) is 97.8 cm³/mol. The van der Waals surface area contributed by atoms with Crippen molar-refractivity contribution in [3.8, 4) is 11.5 Å². The maximum Gasteiger partial charge on any atom is 0.267 e. The highest BCUT2D eigenvalue weighted by Gasteiger charge is 2.18. The molecule has 0 radical (unpaired) electrons. The zero-order chi connectivity index (χ0) is 17.8. The summed E-state index contributed by atoms with van der Waals surface area (Å²) in [5, 5.41) is 7.08. The minimum atomic E-state index is -0.764. The number of rotatable bonds is 5. The van der Waals surface area contributed by atoms with Gasteiger partial charge in [0.15, 0.2) is 5.76 Å². The molecule has 0 aliphatic rings. The molecular weight excluding hydrogens is 338 g/mol. The van der Waals surface area contributed by atoms with Crippen LogP contribution in [0.4, 0.5) is 5.69 Å². The Bertz CT molecular complexity index is 935. The molecule has 3 rings (SSSR count). The maximum atomic E-state index is 12.5. The van der Waals surface area contributed by atoms with Crippen LogP contribution in [0, 0.1) is 0 Å². The van der Waals surface area contributed by atoms with Crippen LogP contribution < -0.4 is 10.9 Å². The predicted octanol–water partition coefficient (Wildman–Crippen LogP) is 3.42. The van der Waals surface area contributed by atoms with Crippen molar-refractivity contribution in [3.63, 3.8) is 0 Å². The van der Waals surface area contributed by atoms with E-state index in [0.29, 0.717) is 17.1 Å². The van der Waals surface area contributed by atoms with E-state index in [2.05, 4.69) is 10.4 Å². The van der Waals surface area contributed by atoms with Crippen molar-refractivity contribution in [2.45, 2.75) is 17.9 Å². The molecule has 0 bridgehead atoms. The number of nitrogens with one attached hydrogen (secondary N) is 1. The summed E-state index contributed by atoms with van der Waals surface area (Å²) in [7, 11) is 0. The largest absolute Gasteiger partial charge is 0.463 e. The molecule has 1 aromatic carbocycles. The lowest BCUT2D eigenvalue weighted by Gasteiger charge is -2.15. The van der Waals surface area contributed by atoms with Gasteiger partial charge in [0.25, 0.3) is 5.56 Å². The van der Waals surface area contributed by atoms with E-state index < -0.39 is 6.04 Å². The van der Waals surface area contributed by atoms with Gasteiger partial charge in [-0.2, -0.15) is 5.10 Å². The molecule has 1 amide bonds. The second-order valence-electron chi connectivity index (χ2n) is 5.38. The summed E-state index contributed by atoms with van der Waals surface area (Å²) in [6.07, 6.45) is 3.49. The van der Waals surface area contributed by atoms with Gasteiger partial charge in [0, 0.05) is 16.6 Å². The van der Waals surface area contributed by atoms with Crippen LogP contribution in [-0.2, 0) is 4.79 Å². The van der Waals surface area contributed by atoms with Gasteiger partial charge in [-0.05, 0) is 49.6 Å². The Hall–Kier alpha value is -2.80. The molecule has 128 valence electrons. The van der Waals surface area contributed by atoms with Gasteiger partial charge in [-0.25, -0.2) is 4.68 Å². The van der Waals surface area contributed by atoms with Crippen molar-refractivity contribution in [2.75, 3.05) is 11.6 Å². The molecule has 2 heterocycles. The van der Waals surface area contributed by atoms with Crippen LogP contribution >= 0.6 is 11.8 Å². The highest BCUT2D eigenvalue weighted by Crippen LogP contribution is 2.20. The van der Waals surface area contributed by atoms with Gasteiger partial charge in [0.05, 0.1) is 6.26 Å². The molecular formula is C18H17N3O3S. The average molecular weight is 355 g/mol. The van der Waals surface area contributed by atoms with E-state index in [9.17, 15) is 9.59 Å². The molecule has 0 aliphatic heterocycles. The van der Waals surface area contributed by atoms with Gasteiger partial charge in [0.1, 0.15) is 11.7 Å². The van der Waals surface area contributed by atoms with Crippen LogP contribution in [0.25, 0.3) is 11.5 Å². The summed E-state index contributed by atoms with van der Waals surface area (Å²) in [5.41, 5.74) is 0.823. The fourth-order valence-corrected chi connectivity index (χ4v) is 2.78. The summed E-state index contributed by atoms with van der Waals surface area (Å²) in [4.78, 5) is 25.7. The van der Waals surface area contributed by atoms with Crippen molar-refractivity contribution >= 4 is 23.4 Å². The molecule has 0 saturated carbocycles. The van der Waals surface area contributed by atoms with E-state index in [4.69, 9.17) is 4.42 Å². The van der Waals surface area contributed by atoms with Gasteiger partial charge < -0.3 is 9.73 Å². The monoisotopic (exact) mass is 355 g/mol. The molecule has 0 saturated heterocycles. The number of hydrogen-bond acceptors (Lipinski definition) is 5. The fourth-order valence-electron chi connectivity index (χ4n) is 2.32. The number of thioether (sulfide) groups is 1. The number of hydrogen-bond donors (Lipinski definition) is 1. The summed E-state index contributed by atoms with van der Waals surface area (Å²) in [6.45, 7) is 1.63. The van der Waals surface area contributed by atoms with Crippen LogP contribution in [0.1, 0.15) is 13.0 Å². The Morgan fingerprint density at radius 1 is 1.24 bits per heavy atom. The van der Waals surface area contributed by atoms with E-state index in [1.165, 1.54) is 12.3 Å². The second-order valence-corrected chi connectivity index (χ2v) is 6.26. The summed E-state index contributed by atoms with van der Waals surface area (Å²) < 4.78 is 6.45. The molecule has 3 aromatic rings. The number of aromatic nitrogens is 2. The van der Waals surface area contributed by atoms with Gasteiger partial charge in [-0.1, -0.05) is 6.07 Å². The standard InChI is InChI=1S/C18H17N3O3S/c1-12(18(23)19-13-5-3-6-14(11-13)25-2)21-17(22)9-8-15(20-21)16-7-4-10-24-16/h3-12H,1-2H3,(H,19,23). The Labute approximate surface area is 148 Å². The van der Waals surface area contributed by atoms with Gasteiger partial charge in [0.2, 0.25) is 5.91 Å². The first-order chi connectivity index (χ1) is 12.1. The molecule has 2 aromatic heterocycles. The van der Waals surface area contributed by atoms with E-state index in [1.807, 2.05) is 24.5 Å². The SMILES string of the molecule is CSc1cccc(NC(=O)C(C)n2nc(-c3ccco3)ccc2=O)c1. The number of benzene rings is 1. The first kappa shape index (κ1) is 17.0. The van der Waals surface area contributed by atoms with Crippen LogP contribution in [0.2, 0.25) is 0 Å². The smallest absolute Gasteiger partial charge is 0.267 e. The number of furan rings is 1. The molecule has 0 fully saturated rings. The molecule has 7 heteroatoms. The van der Waals surface area contributed by atoms with Crippen molar-refractivity contribution in [3.05, 3.63) is 65.1 Å².